The Morgan fingerprint density at radius 1 is 1.27 bits per heavy atom. The maximum absolute atomic E-state index is 12.8. The fraction of sp³-hybridized carbons (Fsp3) is 0.556. The molecule has 1 atom stereocenters. The molecule has 1 heterocycles. The van der Waals surface area contributed by atoms with Crippen molar-refractivity contribution in [3.05, 3.63) is 24.3 Å². The number of amides is 1. The summed E-state index contributed by atoms with van der Waals surface area (Å²) in [7, 11) is -0.501. The van der Waals surface area contributed by atoms with E-state index in [1.54, 1.807) is 40.9 Å². The fourth-order valence-corrected chi connectivity index (χ4v) is 5.29. The third-order valence-corrected chi connectivity index (χ3v) is 7.65. The van der Waals surface area contributed by atoms with E-state index in [-0.39, 0.29) is 22.0 Å². The molecule has 1 saturated heterocycles. The second kappa shape index (κ2) is 7.70. The van der Waals surface area contributed by atoms with Crippen LogP contribution in [0.3, 0.4) is 0 Å². The van der Waals surface area contributed by atoms with Crippen LogP contribution in [0.25, 0.3) is 0 Å². The molecule has 0 aromatic heterocycles. The van der Waals surface area contributed by atoms with Gasteiger partial charge in [-0.25, -0.2) is 17.7 Å². The number of hydrogen-bond donors (Lipinski definition) is 0. The lowest BCUT2D eigenvalue weighted by molar-refractivity contribution is -0.131. The number of thioether (sulfide) groups is 1. The summed E-state index contributed by atoms with van der Waals surface area (Å²) in [6.45, 7) is 2.74. The van der Waals surface area contributed by atoms with Crippen molar-refractivity contribution in [2.75, 3.05) is 20.6 Å². The summed E-state index contributed by atoms with van der Waals surface area (Å²) in [5, 5.41) is 0.960. The van der Waals surface area contributed by atoms with E-state index in [2.05, 4.69) is 11.9 Å². The number of nitrogens with zero attached hydrogens (tertiary/aromatic N) is 3. The second-order valence-electron chi connectivity index (χ2n) is 7.04. The van der Waals surface area contributed by atoms with Crippen LogP contribution in [0.4, 0.5) is 5.69 Å². The molecule has 1 amide bonds. The van der Waals surface area contributed by atoms with Crippen molar-refractivity contribution in [2.45, 2.75) is 42.8 Å². The Labute approximate surface area is 159 Å². The van der Waals surface area contributed by atoms with Crippen LogP contribution in [-0.2, 0) is 14.8 Å². The summed E-state index contributed by atoms with van der Waals surface area (Å²) in [6, 6.07) is 6.57. The van der Waals surface area contributed by atoms with Crippen LogP contribution in [0.15, 0.2) is 34.2 Å². The topological polar surface area (TPSA) is 70.0 Å². The number of sulfonamides is 1. The Hall–Kier alpha value is -1.38. The number of carbonyl (C=O) groups excluding carboxylic acids is 1. The fourth-order valence-electron chi connectivity index (χ4n) is 3.31. The zero-order chi connectivity index (χ0) is 18.9. The number of hydrogen-bond acceptors (Lipinski definition) is 5. The van der Waals surface area contributed by atoms with Gasteiger partial charge in [0.2, 0.25) is 15.9 Å². The SMILES string of the molecule is C[C@H]1CN(C(=O)C2CCCC2)C(=Nc2cccc(S(=O)(=O)N(C)C)c2)S1. The lowest BCUT2D eigenvalue weighted by Crippen LogP contribution is -2.36. The van der Waals surface area contributed by atoms with Gasteiger partial charge in [0.05, 0.1) is 10.6 Å². The summed E-state index contributed by atoms with van der Waals surface area (Å²) in [4.78, 5) is 19.4. The Morgan fingerprint density at radius 2 is 1.96 bits per heavy atom. The molecule has 0 bridgehead atoms. The van der Waals surface area contributed by atoms with Crippen LogP contribution in [-0.4, -0.2) is 54.6 Å². The van der Waals surface area contributed by atoms with Crippen LogP contribution < -0.4 is 0 Å². The van der Waals surface area contributed by atoms with E-state index in [1.165, 1.54) is 18.4 Å². The van der Waals surface area contributed by atoms with Gasteiger partial charge in [0, 0.05) is 31.8 Å². The quantitative estimate of drug-likeness (QED) is 0.786. The summed E-state index contributed by atoms with van der Waals surface area (Å²) in [5.41, 5.74) is 0.550. The van der Waals surface area contributed by atoms with E-state index >= 15 is 0 Å². The lowest BCUT2D eigenvalue weighted by atomic mass is 10.1. The first kappa shape index (κ1) is 19.4. The maximum atomic E-state index is 12.8. The first-order valence-electron chi connectivity index (χ1n) is 8.88. The molecular formula is C18H25N3O3S2. The highest BCUT2D eigenvalue weighted by atomic mass is 32.2. The molecule has 1 aliphatic carbocycles. The van der Waals surface area contributed by atoms with Crippen LogP contribution in [0.1, 0.15) is 32.6 Å². The van der Waals surface area contributed by atoms with Gasteiger partial charge in [0.15, 0.2) is 5.17 Å². The van der Waals surface area contributed by atoms with Crippen molar-refractivity contribution < 1.29 is 13.2 Å². The Morgan fingerprint density at radius 3 is 2.62 bits per heavy atom. The second-order valence-corrected chi connectivity index (χ2v) is 10.6. The molecule has 1 aliphatic heterocycles. The van der Waals surface area contributed by atoms with Gasteiger partial charge in [-0.1, -0.05) is 37.6 Å². The van der Waals surface area contributed by atoms with Crippen molar-refractivity contribution in [1.82, 2.24) is 9.21 Å². The van der Waals surface area contributed by atoms with E-state index in [9.17, 15) is 13.2 Å². The van der Waals surface area contributed by atoms with E-state index in [4.69, 9.17) is 0 Å². The Balaban J connectivity index is 1.89. The first-order valence-corrected chi connectivity index (χ1v) is 11.2. The normalized spacial score (nSPS) is 23.3. The van der Waals surface area contributed by atoms with Crippen LogP contribution in [0.2, 0.25) is 0 Å². The van der Waals surface area contributed by atoms with Gasteiger partial charge in [-0.15, -0.1) is 0 Å². The first-order chi connectivity index (χ1) is 12.3. The number of carbonyl (C=O) groups is 1. The molecule has 6 nitrogen and oxygen atoms in total. The van der Waals surface area contributed by atoms with Crippen molar-refractivity contribution in [3.63, 3.8) is 0 Å². The number of rotatable bonds is 4. The van der Waals surface area contributed by atoms with Crippen molar-refractivity contribution in [3.8, 4) is 0 Å². The zero-order valence-corrected chi connectivity index (χ0v) is 17.0. The maximum Gasteiger partial charge on any atom is 0.242 e. The van der Waals surface area contributed by atoms with Gasteiger partial charge in [-0.05, 0) is 31.0 Å². The van der Waals surface area contributed by atoms with Crippen molar-refractivity contribution in [2.24, 2.45) is 10.9 Å². The summed E-state index contributed by atoms with van der Waals surface area (Å²) in [5.74, 6) is 0.265. The molecule has 2 fully saturated rings. The molecule has 1 aromatic carbocycles. The minimum atomic E-state index is -3.51. The molecule has 0 unspecified atom stereocenters. The third-order valence-electron chi connectivity index (χ3n) is 4.77. The van der Waals surface area contributed by atoms with Crippen molar-refractivity contribution in [1.29, 1.82) is 0 Å². The molecule has 1 aromatic rings. The molecular weight excluding hydrogens is 370 g/mol. The average Bonchev–Trinajstić information content (AvgIpc) is 3.24. The standard InChI is InChI=1S/C18H25N3O3S2/c1-13-12-21(17(22)14-7-4-5-8-14)18(25-13)19-15-9-6-10-16(11-15)26(23,24)20(2)3/h6,9-11,13-14H,4-5,7-8,12H2,1-3H3/t13-/m0/s1. The molecule has 0 N–H and O–H groups in total. The minimum Gasteiger partial charge on any atom is -0.290 e. The molecule has 8 heteroatoms. The number of aliphatic imine (C=N–C) groups is 1. The highest BCUT2D eigenvalue weighted by Gasteiger charge is 2.35. The van der Waals surface area contributed by atoms with Crippen LogP contribution in [0, 0.1) is 5.92 Å². The monoisotopic (exact) mass is 395 g/mol. The minimum absolute atomic E-state index is 0.103. The van der Waals surface area contributed by atoms with E-state index in [1.807, 2.05) is 0 Å². The molecule has 26 heavy (non-hydrogen) atoms. The predicted octanol–water partition coefficient (Wildman–Crippen LogP) is 3.08. The summed E-state index contributed by atoms with van der Waals surface area (Å²) >= 11 is 1.57. The highest BCUT2D eigenvalue weighted by Crippen LogP contribution is 2.33. The molecule has 3 rings (SSSR count). The number of benzene rings is 1. The molecule has 1 saturated carbocycles. The molecule has 0 spiro atoms. The van der Waals surface area contributed by atoms with Gasteiger partial charge >= 0.3 is 0 Å². The summed E-state index contributed by atoms with van der Waals surface area (Å²) < 4.78 is 25.8. The van der Waals surface area contributed by atoms with Gasteiger partial charge in [0.1, 0.15) is 0 Å². The third kappa shape index (κ3) is 3.97. The molecule has 142 valence electrons. The predicted molar refractivity (Wildman–Crippen MR) is 105 cm³/mol. The van der Waals surface area contributed by atoms with Crippen molar-refractivity contribution >= 4 is 38.5 Å². The summed E-state index contributed by atoms with van der Waals surface area (Å²) in [6.07, 6.45) is 4.14. The highest BCUT2D eigenvalue weighted by molar-refractivity contribution is 8.14. The Kier molecular flexibility index (Phi) is 5.74. The van der Waals surface area contributed by atoms with E-state index < -0.39 is 10.0 Å². The lowest BCUT2D eigenvalue weighted by Gasteiger charge is -2.20. The Bertz CT molecular complexity index is 815. The van der Waals surface area contributed by atoms with Gasteiger partial charge in [-0.2, -0.15) is 0 Å². The molecule has 0 radical (unpaired) electrons. The van der Waals surface area contributed by atoms with Crippen LogP contribution >= 0.6 is 11.8 Å². The zero-order valence-electron chi connectivity index (χ0n) is 15.4. The number of amidine groups is 1. The van der Waals surface area contributed by atoms with Gasteiger partial charge in [-0.3, -0.25) is 9.69 Å². The van der Waals surface area contributed by atoms with Gasteiger partial charge < -0.3 is 0 Å². The van der Waals surface area contributed by atoms with Gasteiger partial charge in [0.25, 0.3) is 0 Å². The van der Waals surface area contributed by atoms with Crippen LogP contribution in [0.5, 0.6) is 0 Å². The van der Waals surface area contributed by atoms with E-state index in [0.29, 0.717) is 17.4 Å². The average molecular weight is 396 g/mol. The smallest absolute Gasteiger partial charge is 0.242 e. The van der Waals surface area contributed by atoms with E-state index in [0.717, 1.165) is 25.7 Å². The largest absolute Gasteiger partial charge is 0.290 e. The molecule has 2 aliphatic rings.